The standard InChI is InChI=1S/C15H24N2O/c1-3-4-8-11-16-15(18)13(2)17-12-14-9-6-5-7-10-14/h5-7,9-10,13,17H,3-4,8,11-12H2,1-2H3,(H,16,18). The van der Waals surface area contributed by atoms with Crippen molar-refractivity contribution in [3.63, 3.8) is 0 Å². The van der Waals surface area contributed by atoms with Gasteiger partial charge in [0.2, 0.25) is 5.91 Å². The lowest BCUT2D eigenvalue weighted by Gasteiger charge is -2.14. The van der Waals surface area contributed by atoms with Gasteiger partial charge in [0.1, 0.15) is 0 Å². The van der Waals surface area contributed by atoms with E-state index in [4.69, 9.17) is 0 Å². The molecule has 0 heterocycles. The number of carbonyl (C=O) groups excluding carboxylic acids is 1. The second-order valence-corrected chi connectivity index (χ2v) is 4.59. The lowest BCUT2D eigenvalue weighted by Crippen LogP contribution is -2.42. The zero-order chi connectivity index (χ0) is 13.2. The minimum Gasteiger partial charge on any atom is -0.355 e. The molecule has 18 heavy (non-hydrogen) atoms. The number of hydrogen-bond donors (Lipinski definition) is 2. The van der Waals surface area contributed by atoms with E-state index in [2.05, 4.69) is 29.7 Å². The molecule has 1 unspecified atom stereocenters. The number of benzene rings is 1. The Bertz CT molecular complexity index is 338. The van der Waals surface area contributed by atoms with Gasteiger partial charge in [-0.3, -0.25) is 4.79 Å². The Kier molecular flexibility index (Phi) is 7.11. The Labute approximate surface area is 110 Å². The van der Waals surface area contributed by atoms with Crippen LogP contribution in [0.4, 0.5) is 0 Å². The largest absolute Gasteiger partial charge is 0.355 e. The maximum Gasteiger partial charge on any atom is 0.236 e. The van der Waals surface area contributed by atoms with Gasteiger partial charge in [-0.05, 0) is 18.9 Å². The fourth-order valence-electron chi connectivity index (χ4n) is 1.70. The van der Waals surface area contributed by atoms with E-state index in [1.54, 1.807) is 0 Å². The molecule has 0 saturated carbocycles. The monoisotopic (exact) mass is 248 g/mol. The summed E-state index contributed by atoms with van der Waals surface area (Å²) in [5.41, 5.74) is 1.20. The third-order valence-electron chi connectivity index (χ3n) is 2.93. The Balaban J connectivity index is 2.19. The summed E-state index contributed by atoms with van der Waals surface area (Å²) in [6, 6.07) is 9.97. The van der Waals surface area contributed by atoms with E-state index in [0.717, 1.165) is 19.5 Å². The summed E-state index contributed by atoms with van der Waals surface area (Å²) >= 11 is 0. The normalized spacial score (nSPS) is 12.1. The second kappa shape index (κ2) is 8.70. The highest BCUT2D eigenvalue weighted by Crippen LogP contribution is 1.98. The Morgan fingerprint density at radius 2 is 1.94 bits per heavy atom. The lowest BCUT2D eigenvalue weighted by atomic mass is 10.2. The Hall–Kier alpha value is -1.35. The molecule has 0 radical (unpaired) electrons. The fourth-order valence-corrected chi connectivity index (χ4v) is 1.70. The van der Waals surface area contributed by atoms with Crippen molar-refractivity contribution in [2.45, 2.75) is 45.7 Å². The van der Waals surface area contributed by atoms with Crippen molar-refractivity contribution in [3.8, 4) is 0 Å². The van der Waals surface area contributed by atoms with Gasteiger partial charge in [-0.1, -0.05) is 50.1 Å². The van der Waals surface area contributed by atoms with Gasteiger partial charge < -0.3 is 10.6 Å². The molecule has 1 amide bonds. The minimum atomic E-state index is -0.146. The van der Waals surface area contributed by atoms with Gasteiger partial charge in [-0.2, -0.15) is 0 Å². The van der Waals surface area contributed by atoms with E-state index in [9.17, 15) is 4.79 Å². The Morgan fingerprint density at radius 1 is 1.22 bits per heavy atom. The quantitative estimate of drug-likeness (QED) is 0.694. The molecule has 100 valence electrons. The lowest BCUT2D eigenvalue weighted by molar-refractivity contribution is -0.122. The smallest absolute Gasteiger partial charge is 0.236 e. The van der Waals surface area contributed by atoms with Crippen LogP contribution in [0.5, 0.6) is 0 Å². The second-order valence-electron chi connectivity index (χ2n) is 4.59. The van der Waals surface area contributed by atoms with Gasteiger partial charge in [0.25, 0.3) is 0 Å². The molecule has 0 aliphatic rings. The highest BCUT2D eigenvalue weighted by atomic mass is 16.2. The third-order valence-corrected chi connectivity index (χ3v) is 2.93. The fraction of sp³-hybridized carbons (Fsp3) is 0.533. The molecule has 0 saturated heterocycles. The van der Waals surface area contributed by atoms with Crippen LogP contribution in [0, 0.1) is 0 Å². The van der Waals surface area contributed by atoms with Gasteiger partial charge >= 0.3 is 0 Å². The number of hydrogen-bond acceptors (Lipinski definition) is 2. The van der Waals surface area contributed by atoms with Crippen LogP contribution in [0.2, 0.25) is 0 Å². The van der Waals surface area contributed by atoms with E-state index in [-0.39, 0.29) is 11.9 Å². The van der Waals surface area contributed by atoms with Crippen LogP contribution in [-0.4, -0.2) is 18.5 Å². The van der Waals surface area contributed by atoms with Crippen molar-refractivity contribution < 1.29 is 4.79 Å². The van der Waals surface area contributed by atoms with Crippen LogP contribution in [0.1, 0.15) is 38.7 Å². The molecule has 1 rings (SSSR count). The van der Waals surface area contributed by atoms with Gasteiger partial charge in [0.05, 0.1) is 6.04 Å². The predicted octanol–water partition coefficient (Wildman–Crippen LogP) is 2.47. The SMILES string of the molecule is CCCCCNC(=O)C(C)NCc1ccccc1. The minimum absolute atomic E-state index is 0.0852. The highest BCUT2D eigenvalue weighted by molar-refractivity contribution is 5.81. The molecule has 0 aromatic heterocycles. The molecule has 0 spiro atoms. The maximum atomic E-state index is 11.8. The molecule has 0 fully saturated rings. The predicted molar refractivity (Wildman–Crippen MR) is 75.3 cm³/mol. The number of rotatable bonds is 8. The molecule has 1 aromatic rings. The topological polar surface area (TPSA) is 41.1 Å². The zero-order valence-corrected chi connectivity index (χ0v) is 11.4. The summed E-state index contributed by atoms with van der Waals surface area (Å²) in [6.07, 6.45) is 3.41. The van der Waals surface area contributed by atoms with E-state index in [0.29, 0.717) is 0 Å². The summed E-state index contributed by atoms with van der Waals surface area (Å²) in [5.74, 6) is 0.0852. The molecular formula is C15H24N2O. The number of carbonyl (C=O) groups is 1. The molecular weight excluding hydrogens is 224 g/mol. The summed E-state index contributed by atoms with van der Waals surface area (Å²) < 4.78 is 0. The van der Waals surface area contributed by atoms with Crippen molar-refractivity contribution >= 4 is 5.91 Å². The average molecular weight is 248 g/mol. The van der Waals surface area contributed by atoms with Crippen LogP contribution in [0.3, 0.4) is 0 Å². The number of unbranched alkanes of at least 4 members (excludes halogenated alkanes) is 2. The van der Waals surface area contributed by atoms with E-state index in [1.165, 1.54) is 18.4 Å². The first kappa shape index (κ1) is 14.7. The van der Waals surface area contributed by atoms with Gasteiger partial charge in [-0.25, -0.2) is 0 Å². The molecule has 1 atom stereocenters. The van der Waals surface area contributed by atoms with Crippen LogP contribution < -0.4 is 10.6 Å². The average Bonchev–Trinajstić information content (AvgIpc) is 2.42. The van der Waals surface area contributed by atoms with E-state index in [1.807, 2.05) is 25.1 Å². The first-order chi connectivity index (χ1) is 8.74. The Morgan fingerprint density at radius 3 is 2.61 bits per heavy atom. The molecule has 1 aromatic carbocycles. The highest BCUT2D eigenvalue weighted by Gasteiger charge is 2.10. The van der Waals surface area contributed by atoms with Gasteiger partial charge in [0, 0.05) is 13.1 Å². The van der Waals surface area contributed by atoms with E-state index < -0.39 is 0 Å². The third kappa shape index (κ3) is 5.82. The van der Waals surface area contributed by atoms with Crippen LogP contribution in [-0.2, 0) is 11.3 Å². The van der Waals surface area contributed by atoms with Crippen LogP contribution in [0.15, 0.2) is 30.3 Å². The van der Waals surface area contributed by atoms with Crippen molar-refractivity contribution in [1.82, 2.24) is 10.6 Å². The summed E-state index contributed by atoms with van der Waals surface area (Å²) in [5, 5.41) is 6.18. The maximum absolute atomic E-state index is 11.8. The zero-order valence-electron chi connectivity index (χ0n) is 11.4. The van der Waals surface area contributed by atoms with Crippen molar-refractivity contribution in [2.75, 3.05) is 6.54 Å². The van der Waals surface area contributed by atoms with Crippen molar-refractivity contribution in [2.24, 2.45) is 0 Å². The molecule has 0 bridgehead atoms. The summed E-state index contributed by atoms with van der Waals surface area (Å²) in [7, 11) is 0. The molecule has 0 aliphatic heterocycles. The summed E-state index contributed by atoms with van der Waals surface area (Å²) in [6.45, 7) is 5.57. The van der Waals surface area contributed by atoms with Gasteiger partial charge in [0.15, 0.2) is 0 Å². The van der Waals surface area contributed by atoms with Crippen LogP contribution in [0.25, 0.3) is 0 Å². The van der Waals surface area contributed by atoms with Crippen molar-refractivity contribution in [3.05, 3.63) is 35.9 Å². The molecule has 3 nitrogen and oxygen atoms in total. The van der Waals surface area contributed by atoms with Crippen molar-refractivity contribution in [1.29, 1.82) is 0 Å². The van der Waals surface area contributed by atoms with Gasteiger partial charge in [-0.15, -0.1) is 0 Å². The summed E-state index contributed by atoms with van der Waals surface area (Å²) in [4.78, 5) is 11.8. The van der Waals surface area contributed by atoms with E-state index >= 15 is 0 Å². The van der Waals surface area contributed by atoms with Crippen LogP contribution >= 0.6 is 0 Å². The molecule has 2 N–H and O–H groups in total. The molecule has 3 heteroatoms. The molecule has 0 aliphatic carbocycles. The number of amides is 1. The number of nitrogens with one attached hydrogen (secondary N) is 2. The first-order valence-corrected chi connectivity index (χ1v) is 6.79. The first-order valence-electron chi connectivity index (χ1n) is 6.79.